The molecule has 1 aromatic carbocycles. The van der Waals surface area contributed by atoms with Gasteiger partial charge in [-0.25, -0.2) is 4.99 Å². The third kappa shape index (κ3) is 7.13. The van der Waals surface area contributed by atoms with E-state index in [0.29, 0.717) is 12.6 Å². The minimum Gasteiger partial charge on any atom is -0.357 e. The Morgan fingerprint density at radius 3 is 2.79 bits per heavy atom. The molecule has 136 valence electrons. The number of halogens is 2. The van der Waals surface area contributed by atoms with Gasteiger partial charge in [0.05, 0.1) is 6.54 Å². The molecule has 2 rings (SSSR count). The van der Waals surface area contributed by atoms with Crippen molar-refractivity contribution in [2.24, 2.45) is 4.99 Å². The topological polar surface area (TPSA) is 42.9 Å². The van der Waals surface area contributed by atoms with Crippen LogP contribution in [0.3, 0.4) is 0 Å². The van der Waals surface area contributed by atoms with Crippen LogP contribution in [0.15, 0.2) is 29.3 Å². The number of piperazine rings is 1. The van der Waals surface area contributed by atoms with E-state index in [0.717, 1.165) is 49.3 Å². The van der Waals surface area contributed by atoms with Crippen molar-refractivity contribution in [2.75, 3.05) is 46.8 Å². The molecule has 7 heteroatoms. The molecule has 0 bridgehead atoms. The average molecular weight is 466 g/mol. The molecule has 0 aliphatic carbocycles. The monoisotopic (exact) mass is 465 g/mol. The Morgan fingerprint density at radius 1 is 1.29 bits per heavy atom. The van der Waals surface area contributed by atoms with Crippen molar-refractivity contribution in [1.29, 1.82) is 0 Å². The first kappa shape index (κ1) is 21.5. The van der Waals surface area contributed by atoms with Gasteiger partial charge in [-0.15, -0.1) is 24.0 Å². The van der Waals surface area contributed by atoms with Gasteiger partial charge in [0, 0.05) is 43.8 Å². The molecule has 1 heterocycles. The van der Waals surface area contributed by atoms with E-state index in [9.17, 15) is 0 Å². The summed E-state index contributed by atoms with van der Waals surface area (Å²) in [4.78, 5) is 9.44. The smallest absolute Gasteiger partial charge is 0.191 e. The summed E-state index contributed by atoms with van der Waals surface area (Å²) in [5, 5.41) is 7.52. The van der Waals surface area contributed by atoms with Crippen LogP contribution in [0.5, 0.6) is 0 Å². The molecule has 5 nitrogen and oxygen atoms in total. The van der Waals surface area contributed by atoms with E-state index in [1.165, 1.54) is 0 Å². The highest BCUT2D eigenvalue weighted by Crippen LogP contribution is 2.11. The fraction of sp³-hybridized carbons (Fsp3) is 0.588. The number of aliphatic imine (C=N–C) groups is 1. The van der Waals surface area contributed by atoms with Gasteiger partial charge in [-0.05, 0) is 38.7 Å². The van der Waals surface area contributed by atoms with Gasteiger partial charge in [0.15, 0.2) is 5.96 Å². The van der Waals surface area contributed by atoms with Gasteiger partial charge in [-0.1, -0.05) is 23.7 Å². The van der Waals surface area contributed by atoms with Crippen molar-refractivity contribution in [1.82, 2.24) is 20.4 Å². The van der Waals surface area contributed by atoms with E-state index in [1.807, 2.05) is 24.3 Å². The lowest BCUT2D eigenvalue weighted by Crippen LogP contribution is -2.55. The Balaban J connectivity index is 0.00000288. The maximum atomic E-state index is 6.02. The van der Waals surface area contributed by atoms with E-state index < -0.39 is 0 Å². The molecule has 1 fully saturated rings. The molecule has 1 saturated heterocycles. The highest BCUT2D eigenvalue weighted by molar-refractivity contribution is 14.0. The predicted molar refractivity (Wildman–Crippen MR) is 114 cm³/mol. The van der Waals surface area contributed by atoms with Gasteiger partial charge < -0.3 is 15.5 Å². The summed E-state index contributed by atoms with van der Waals surface area (Å²) in [5.41, 5.74) is 1.12. The molecule has 0 amide bonds. The molecule has 0 spiro atoms. The van der Waals surface area contributed by atoms with Crippen molar-refractivity contribution in [3.63, 3.8) is 0 Å². The van der Waals surface area contributed by atoms with Crippen LogP contribution in [0.25, 0.3) is 0 Å². The maximum Gasteiger partial charge on any atom is 0.191 e. The van der Waals surface area contributed by atoms with Crippen molar-refractivity contribution in [3.8, 4) is 0 Å². The van der Waals surface area contributed by atoms with E-state index in [-0.39, 0.29) is 24.0 Å². The minimum atomic E-state index is 0. The Kier molecular flexibility index (Phi) is 9.95. The largest absolute Gasteiger partial charge is 0.357 e. The SMILES string of the molecule is CCNC(=NCc1cccc(Cl)c1)NCC1CN(C)CCN1C.I. The molecular formula is C17H29ClIN5. The molecule has 0 aromatic heterocycles. The summed E-state index contributed by atoms with van der Waals surface area (Å²) in [6.45, 7) is 7.77. The summed E-state index contributed by atoms with van der Waals surface area (Å²) in [7, 11) is 4.37. The summed E-state index contributed by atoms with van der Waals surface area (Å²) in [6, 6.07) is 8.35. The Morgan fingerprint density at radius 2 is 2.08 bits per heavy atom. The van der Waals surface area contributed by atoms with Crippen molar-refractivity contribution < 1.29 is 0 Å². The Labute approximate surface area is 167 Å². The minimum absolute atomic E-state index is 0. The highest BCUT2D eigenvalue weighted by atomic mass is 127. The number of rotatable bonds is 5. The number of nitrogens with one attached hydrogen (secondary N) is 2. The van der Waals surface area contributed by atoms with Gasteiger partial charge in [-0.2, -0.15) is 0 Å². The average Bonchev–Trinajstić information content (AvgIpc) is 2.53. The van der Waals surface area contributed by atoms with Gasteiger partial charge in [-0.3, -0.25) is 4.90 Å². The van der Waals surface area contributed by atoms with Gasteiger partial charge >= 0.3 is 0 Å². The molecule has 1 aliphatic rings. The lowest BCUT2D eigenvalue weighted by molar-refractivity contribution is 0.116. The lowest BCUT2D eigenvalue weighted by atomic mass is 10.2. The van der Waals surface area contributed by atoms with E-state index in [4.69, 9.17) is 11.6 Å². The maximum absolute atomic E-state index is 6.02. The molecule has 1 aromatic rings. The third-order valence-electron chi connectivity index (χ3n) is 4.14. The molecule has 2 N–H and O–H groups in total. The molecule has 24 heavy (non-hydrogen) atoms. The van der Waals surface area contributed by atoms with Crippen molar-refractivity contribution in [2.45, 2.75) is 19.5 Å². The first-order chi connectivity index (χ1) is 11.1. The first-order valence-corrected chi connectivity index (χ1v) is 8.61. The number of likely N-dealkylation sites (N-methyl/N-ethyl adjacent to an activating group) is 2. The lowest BCUT2D eigenvalue weighted by Gasteiger charge is -2.37. The molecule has 1 aliphatic heterocycles. The predicted octanol–water partition coefficient (Wildman–Crippen LogP) is 2.26. The van der Waals surface area contributed by atoms with Crippen LogP contribution in [-0.4, -0.2) is 68.6 Å². The zero-order valence-corrected chi connectivity index (χ0v) is 17.8. The number of nitrogens with zero attached hydrogens (tertiary/aromatic N) is 3. The third-order valence-corrected chi connectivity index (χ3v) is 4.37. The van der Waals surface area contributed by atoms with Crippen LogP contribution in [0, 0.1) is 0 Å². The number of hydrogen-bond donors (Lipinski definition) is 2. The van der Waals surface area contributed by atoms with Crippen LogP contribution < -0.4 is 10.6 Å². The summed E-state index contributed by atoms with van der Waals surface area (Å²) in [5.74, 6) is 0.856. The van der Waals surface area contributed by atoms with Crippen LogP contribution in [0.1, 0.15) is 12.5 Å². The van der Waals surface area contributed by atoms with E-state index in [1.54, 1.807) is 0 Å². The standard InChI is InChI=1S/C17H28ClN5.HI/c1-4-19-17(20-11-14-6-5-7-15(18)10-14)21-12-16-13-22(2)8-9-23(16)3;/h5-7,10,16H,4,8-9,11-13H2,1-3H3,(H2,19,20,21);1H. The fourth-order valence-electron chi connectivity index (χ4n) is 2.68. The highest BCUT2D eigenvalue weighted by Gasteiger charge is 2.21. The first-order valence-electron chi connectivity index (χ1n) is 8.24. The summed E-state index contributed by atoms with van der Waals surface area (Å²) < 4.78 is 0. The Bertz CT molecular complexity index is 525. The second-order valence-electron chi connectivity index (χ2n) is 6.10. The molecule has 0 saturated carbocycles. The zero-order chi connectivity index (χ0) is 16.7. The van der Waals surface area contributed by atoms with Gasteiger partial charge in [0.2, 0.25) is 0 Å². The number of benzene rings is 1. The zero-order valence-electron chi connectivity index (χ0n) is 14.8. The van der Waals surface area contributed by atoms with Gasteiger partial charge in [0.1, 0.15) is 0 Å². The van der Waals surface area contributed by atoms with E-state index in [2.05, 4.69) is 46.4 Å². The van der Waals surface area contributed by atoms with Crippen LogP contribution in [0.2, 0.25) is 5.02 Å². The quantitative estimate of drug-likeness (QED) is 0.398. The molecule has 0 radical (unpaired) electrons. The van der Waals surface area contributed by atoms with Crippen LogP contribution >= 0.6 is 35.6 Å². The fourth-order valence-corrected chi connectivity index (χ4v) is 2.90. The van der Waals surface area contributed by atoms with Crippen molar-refractivity contribution >= 4 is 41.5 Å². The second-order valence-corrected chi connectivity index (χ2v) is 6.54. The summed E-state index contributed by atoms with van der Waals surface area (Å²) in [6.07, 6.45) is 0. The van der Waals surface area contributed by atoms with Crippen LogP contribution in [0.4, 0.5) is 0 Å². The van der Waals surface area contributed by atoms with Gasteiger partial charge in [0.25, 0.3) is 0 Å². The molecule has 1 atom stereocenters. The normalized spacial score (nSPS) is 19.7. The molecule has 1 unspecified atom stereocenters. The van der Waals surface area contributed by atoms with E-state index >= 15 is 0 Å². The summed E-state index contributed by atoms with van der Waals surface area (Å²) >= 11 is 6.02. The van der Waals surface area contributed by atoms with Crippen molar-refractivity contribution in [3.05, 3.63) is 34.9 Å². The Hall–Kier alpha value is -0.570. The molecular weight excluding hydrogens is 437 g/mol. The second kappa shape index (κ2) is 11.1. The number of guanidine groups is 1. The number of hydrogen-bond acceptors (Lipinski definition) is 3. The van der Waals surface area contributed by atoms with Crippen LogP contribution in [-0.2, 0) is 6.54 Å².